The lowest BCUT2D eigenvalue weighted by Gasteiger charge is -2.28. The Morgan fingerprint density at radius 2 is 1.79 bits per heavy atom. The highest BCUT2D eigenvalue weighted by Gasteiger charge is 2.21. The number of sulfonamides is 1. The summed E-state index contributed by atoms with van der Waals surface area (Å²) in [4.78, 5) is 14.8. The Hall–Kier alpha value is -2.06. The van der Waals surface area contributed by atoms with Gasteiger partial charge in [0.1, 0.15) is 6.54 Å². The van der Waals surface area contributed by atoms with Crippen LogP contribution in [0.4, 0.5) is 17.1 Å². The summed E-state index contributed by atoms with van der Waals surface area (Å²) < 4.78 is 26.2. The fraction of sp³-hybridized carbons (Fsp3) is 0.350. The molecule has 28 heavy (non-hydrogen) atoms. The molecule has 0 bridgehead atoms. The number of carbonyl (C=O) groups is 1. The Balaban J connectivity index is 1.67. The largest absolute Gasteiger partial charge is 0.372 e. The average Bonchev–Trinajstić information content (AvgIpc) is 2.66. The van der Waals surface area contributed by atoms with Crippen LogP contribution in [-0.4, -0.2) is 40.2 Å². The van der Waals surface area contributed by atoms with Crippen molar-refractivity contribution in [1.82, 2.24) is 0 Å². The molecule has 1 aliphatic heterocycles. The van der Waals surface area contributed by atoms with E-state index in [1.165, 1.54) is 19.3 Å². The molecule has 1 heterocycles. The maximum Gasteiger partial charge on any atom is 0.245 e. The van der Waals surface area contributed by atoms with Gasteiger partial charge in [-0.25, -0.2) is 8.42 Å². The van der Waals surface area contributed by atoms with Gasteiger partial charge in [0.15, 0.2) is 0 Å². The zero-order valence-corrected chi connectivity index (χ0v) is 18.2. The van der Waals surface area contributed by atoms with Gasteiger partial charge in [0, 0.05) is 28.9 Å². The van der Waals surface area contributed by atoms with Crippen LogP contribution in [-0.2, 0) is 14.8 Å². The van der Waals surface area contributed by atoms with Gasteiger partial charge in [0.2, 0.25) is 15.9 Å². The van der Waals surface area contributed by atoms with Gasteiger partial charge < -0.3 is 10.2 Å². The van der Waals surface area contributed by atoms with Crippen LogP contribution < -0.4 is 14.5 Å². The summed E-state index contributed by atoms with van der Waals surface area (Å²) in [6, 6.07) is 14.5. The molecule has 0 unspecified atom stereocenters. The molecule has 0 atom stereocenters. The summed E-state index contributed by atoms with van der Waals surface area (Å²) in [6.45, 7) is 1.83. The van der Waals surface area contributed by atoms with E-state index in [1.807, 2.05) is 24.3 Å². The van der Waals surface area contributed by atoms with Crippen LogP contribution in [0.2, 0.25) is 0 Å². The van der Waals surface area contributed by atoms with Crippen molar-refractivity contribution in [3.63, 3.8) is 0 Å². The van der Waals surface area contributed by atoms with Gasteiger partial charge in [0.05, 0.1) is 11.9 Å². The van der Waals surface area contributed by atoms with Crippen LogP contribution >= 0.6 is 15.9 Å². The summed E-state index contributed by atoms with van der Waals surface area (Å²) >= 11 is 3.33. The fourth-order valence-electron chi connectivity index (χ4n) is 3.27. The number of hydrogen-bond acceptors (Lipinski definition) is 4. The van der Waals surface area contributed by atoms with Gasteiger partial charge in [-0.3, -0.25) is 9.10 Å². The lowest BCUT2D eigenvalue weighted by molar-refractivity contribution is -0.114. The van der Waals surface area contributed by atoms with E-state index in [2.05, 4.69) is 26.1 Å². The number of carbonyl (C=O) groups excluding carboxylic acids is 1. The normalized spacial score (nSPS) is 14.6. The van der Waals surface area contributed by atoms with E-state index < -0.39 is 15.9 Å². The van der Waals surface area contributed by atoms with E-state index in [9.17, 15) is 13.2 Å². The Morgan fingerprint density at radius 3 is 2.39 bits per heavy atom. The molecule has 0 aromatic heterocycles. The average molecular weight is 466 g/mol. The predicted molar refractivity (Wildman–Crippen MR) is 117 cm³/mol. The molecule has 2 aromatic rings. The fourth-order valence-corrected chi connectivity index (χ4v) is 4.51. The van der Waals surface area contributed by atoms with E-state index >= 15 is 0 Å². The Kier molecular flexibility index (Phi) is 6.61. The number of amides is 1. The summed E-state index contributed by atoms with van der Waals surface area (Å²) in [5.41, 5.74) is 2.23. The molecule has 0 aliphatic carbocycles. The topological polar surface area (TPSA) is 69.7 Å². The summed E-state index contributed by atoms with van der Waals surface area (Å²) in [7, 11) is -3.60. The number of hydrogen-bond donors (Lipinski definition) is 1. The number of halogens is 1. The van der Waals surface area contributed by atoms with Crippen molar-refractivity contribution in [2.24, 2.45) is 0 Å². The zero-order chi connectivity index (χ0) is 20.1. The second-order valence-electron chi connectivity index (χ2n) is 6.89. The van der Waals surface area contributed by atoms with Crippen molar-refractivity contribution in [3.8, 4) is 0 Å². The number of rotatable bonds is 6. The van der Waals surface area contributed by atoms with E-state index in [4.69, 9.17) is 0 Å². The molecular formula is C20H24BrN3O3S. The molecule has 2 aromatic carbocycles. The molecule has 1 amide bonds. The van der Waals surface area contributed by atoms with Crippen molar-refractivity contribution < 1.29 is 13.2 Å². The smallest absolute Gasteiger partial charge is 0.245 e. The minimum atomic E-state index is -3.60. The molecular weight excluding hydrogens is 442 g/mol. The molecule has 1 aliphatic rings. The molecule has 3 rings (SSSR count). The van der Waals surface area contributed by atoms with E-state index in [0.717, 1.165) is 33.8 Å². The summed E-state index contributed by atoms with van der Waals surface area (Å²) in [5.74, 6) is -0.392. The number of nitrogens with one attached hydrogen (secondary N) is 1. The molecule has 8 heteroatoms. The molecule has 1 saturated heterocycles. The maximum atomic E-state index is 12.5. The van der Waals surface area contributed by atoms with Crippen LogP contribution in [0.15, 0.2) is 53.0 Å². The number of benzene rings is 2. The van der Waals surface area contributed by atoms with Crippen LogP contribution in [0.5, 0.6) is 0 Å². The van der Waals surface area contributed by atoms with Crippen LogP contribution in [0, 0.1) is 0 Å². The van der Waals surface area contributed by atoms with Gasteiger partial charge in [-0.15, -0.1) is 0 Å². The van der Waals surface area contributed by atoms with Crippen LogP contribution in [0.1, 0.15) is 19.3 Å². The number of nitrogens with zero attached hydrogens (tertiary/aromatic N) is 2. The van der Waals surface area contributed by atoms with Gasteiger partial charge >= 0.3 is 0 Å². The molecule has 150 valence electrons. The van der Waals surface area contributed by atoms with E-state index in [1.54, 1.807) is 24.3 Å². The van der Waals surface area contributed by atoms with Crippen molar-refractivity contribution in [3.05, 3.63) is 53.0 Å². The van der Waals surface area contributed by atoms with E-state index in [-0.39, 0.29) is 6.54 Å². The second kappa shape index (κ2) is 8.96. The van der Waals surface area contributed by atoms with E-state index in [0.29, 0.717) is 11.4 Å². The maximum absolute atomic E-state index is 12.5. The first kappa shape index (κ1) is 20.7. The van der Waals surface area contributed by atoms with Crippen molar-refractivity contribution >= 4 is 48.9 Å². The van der Waals surface area contributed by atoms with Crippen LogP contribution in [0.25, 0.3) is 0 Å². The number of anilines is 3. The minimum Gasteiger partial charge on any atom is -0.372 e. The second-order valence-corrected chi connectivity index (χ2v) is 9.71. The third-order valence-corrected chi connectivity index (χ3v) is 6.29. The van der Waals surface area contributed by atoms with Crippen molar-refractivity contribution in [2.45, 2.75) is 19.3 Å². The Bertz CT molecular complexity index is 926. The molecule has 6 nitrogen and oxygen atoms in total. The molecule has 0 saturated carbocycles. The third-order valence-electron chi connectivity index (χ3n) is 4.66. The minimum absolute atomic E-state index is 0.289. The molecule has 1 fully saturated rings. The first-order valence-electron chi connectivity index (χ1n) is 9.21. The highest BCUT2D eigenvalue weighted by molar-refractivity contribution is 9.10. The SMILES string of the molecule is CS(=O)(=O)N(CC(=O)Nc1ccc(N2CCCCC2)cc1)c1cccc(Br)c1. The Morgan fingerprint density at radius 1 is 1.11 bits per heavy atom. The van der Waals surface area contributed by atoms with Gasteiger partial charge in [0.25, 0.3) is 0 Å². The first-order valence-corrected chi connectivity index (χ1v) is 11.9. The van der Waals surface area contributed by atoms with Crippen molar-refractivity contribution in [1.29, 1.82) is 0 Å². The van der Waals surface area contributed by atoms with Crippen LogP contribution in [0.3, 0.4) is 0 Å². The third kappa shape index (κ3) is 5.48. The lowest BCUT2D eigenvalue weighted by Crippen LogP contribution is -2.37. The molecule has 0 radical (unpaired) electrons. The lowest BCUT2D eigenvalue weighted by atomic mass is 10.1. The quantitative estimate of drug-likeness (QED) is 0.703. The number of piperidine rings is 1. The van der Waals surface area contributed by atoms with Gasteiger partial charge in [-0.1, -0.05) is 22.0 Å². The monoisotopic (exact) mass is 465 g/mol. The summed E-state index contributed by atoms with van der Waals surface area (Å²) in [5, 5.41) is 2.78. The van der Waals surface area contributed by atoms with Crippen molar-refractivity contribution in [2.75, 3.05) is 40.4 Å². The standard InChI is InChI=1S/C20H24BrN3O3S/c1-28(26,27)24(19-7-5-6-16(21)14-19)15-20(25)22-17-8-10-18(11-9-17)23-12-3-2-4-13-23/h5-11,14H,2-4,12-13,15H2,1H3,(H,22,25). The predicted octanol–water partition coefficient (Wildman–Crippen LogP) is 3.84. The highest BCUT2D eigenvalue weighted by Crippen LogP contribution is 2.23. The van der Waals surface area contributed by atoms with Gasteiger partial charge in [-0.05, 0) is 61.7 Å². The molecule has 1 N–H and O–H groups in total. The van der Waals surface area contributed by atoms with Gasteiger partial charge in [-0.2, -0.15) is 0 Å². The highest BCUT2D eigenvalue weighted by atomic mass is 79.9. The Labute approximate surface area is 174 Å². The summed E-state index contributed by atoms with van der Waals surface area (Å²) in [6.07, 6.45) is 4.78. The molecule has 0 spiro atoms. The first-order chi connectivity index (χ1) is 13.3. The zero-order valence-electron chi connectivity index (χ0n) is 15.8.